The minimum absolute atomic E-state index is 0.139. The van der Waals surface area contributed by atoms with Crippen molar-refractivity contribution in [3.63, 3.8) is 0 Å². The summed E-state index contributed by atoms with van der Waals surface area (Å²) in [7, 11) is 1.59. The Kier molecular flexibility index (Phi) is 4.24. The van der Waals surface area contributed by atoms with Crippen LogP contribution in [0.5, 0.6) is 5.88 Å². The topological polar surface area (TPSA) is 93.4 Å². The number of carbonyl (C=O) groups is 1. The summed E-state index contributed by atoms with van der Waals surface area (Å²) in [4.78, 5) is 22.9. The molecular formula is C15H19N5O3. The molecule has 0 spiro atoms. The van der Waals surface area contributed by atoms with E-state index in [2.05, 4.69) is 25.3 Å². The van der Waals surface area contributed by atoms with Crippen LogP contribution >= 0.6 is 0 Å². The highest BCUT2D eigenvalue weighted by Crippen LogP contribution is 2.25. The number of amides is 1. The molecule has 0 bridgehead atoms. The monoisotopic (exact) mass is 317 g/mol. The maximum Gasteiger partial charge on any atom is 0.243 e. The largest absolute Gasteiger partial charge is 0.481 e. The van der Waals surface area contributed by atoms with Gasteiger partial charge in [-0.15, -0.1) is 0 Å². The smallest absolute Gasteiger partial charge is 0.243 e. The van der Waals surface area contributed by atoms with Gasteiger partial charge in [0.15, 0.2) is 0 Å². The van der Waals surface area contributed by atoms with Gasteiger partial charge in [-0.2, -0.15) is 0 Å². The lowest BCUT2D eigenvalue weighted by molar-refractivity contribution is -0.121. The number of methoxy groups -OCH3 is 1. The predicted molar refractivity (Wildman–Crippen MR) is 82.0 cm³/mol. The van der Waals surface area contributed by atoms with Crippen LogP contribution in [0.15, 0.2) is 16.9 Å². The van der Waals surface area contributed by atoms with Gasteiger partial charge in [-0.05, 0) is 13.8 Å². The first-order chi connectivity index (χ1) is 11.1. The van der Waals surface area contributed by atoms with Gasteiger partial charge in [0, 0.05) is 31.1 Å². The quantitative estimate of drug-likeness (QED) is 0.904. The molecule has 1 atom stereocenters. The second-order valence-corrected chi connectivity index (χ2v) is 5.53. The van der Waals surface area contributed by atoms with Gasteiger partial charge in [0.2, 0.25) is 17.7 Å². The van der Waals surface area contributed by atoms with Crippen LogP contribution in [0.25, 0.3) is 0 Å². The summed E-state index contributed by atoms with van der Waals surface area (Å²) in [5, 5.41) is 6.50. The molecule has 8 heteroatoms. The van der Waals surface area contributed by atoms with Gasteiger partial charge in [-0.3, -0.25) is 15.0 Å². The van der Waals surface area contributed by atoms with E-state index in [1.807, 2.05) is 6.92 Å². The van der Waals surface area contributed by atoms with Crippen molar-refractivity contribution in [2.45, 2.75) is 32.9 Å². The summed E-state index contributed by atoms with van der Waals surface area (Å²) in [6.07, 6.45) is 2.27. The molecule has 0 radical (unpaired) electrons. The third-order valence-electron chi connectivity index (χ3n) is 3.99. The van der Waals surface area contributed by atoms with Crippen LogP contribution in [0, 0.1) is 6.92 Å². The van der Waals surface area contributed by atoms with Crippen molar-refractivity contribution in [2.24, 2.45) is 0 Å². The standard InChI is InChI=1S/C15H19N5O3/c1-9-6-13(23-19-9)18-14(21)10(2)20-5-4-12-11(7-20)15(22-3)17-8-16-12/h6,8,10H,4-5,7H2,1-3H3,(H,18,21)/t10-/m1/s1. The van der Waals surface area contributed by atoms with Crippen LogP contribution in [-0.4, -0.2) is 45.6 Å². The Bertz CT molecular complexity index is 701. The molecule has 1 aliphatic heterocycles. The fourth-order valence-electron chi connectivity index (χ4n) is 2.66. The highest BCUT2D eigenvalue weighted by molar-refractivity contribution is 5.93. The van der Waals surface area contributed by atoms with E-state index in [1.54, 1.807) is 20.1 Å². The number of ether oxygens (including phenoxy) is 1. The number of nitrogens with one attached hydrogen (secondary N) is 1. The molecule has 0 aromatic carbocycles. The zero-order valence-electron chi connectivity index (χ0n) is 13.4. The molecule has 3 rings (SSSR count). The van der Waals surface area contributed by atoms with Gasteiger partial charge in [0.1, 0.15) is 6.33 Å². The van der Waals surface area contributed by atoms with E-state index in [4.69, 9.17) is 9.26 Å². The number of anilines is 1. The molecule has 1 aliphatic rings. The van der Waals surface area contributed by atoms with E-state index in [0.717, 1.165) is 29.9 Å². The Hall–Kier alpha value is -2.48. The molecule has 3 heterocycles. The molecule has 0 aliphatic carbocycles. The lowest BCUT2D eigenvalue weighted by Crippen LogP contribution is -2.44. The van der Waals surface area contributed by atoms with Crippen molar-refractivity contribution in [3.8, 4) is 5.88 Å². The SMILES string of the molecule is COc1ncnc2c1CN([C@H](C)C(=O)Nc1cc(C)no1)CC2. The van der Waals surface area contributed by atoms with Gasteiger partial charge in [0.05, 0.1) is 24.5 Å². The Balaban J connectivity index is 1.71. The van der Waals surface area contributed by atoms with E-state index in [9.17, 15) is 4.79 Å². The van der Waals surface area contributed by atoms with Crippen LogP contribution in [0.4, 0.5) is 5.88 Å². The summed E-state index contributed by atoms with van der Waals surface area (Å²) < 4.78 is 10.3. The number of carbonyl (C=O) groups excluding carboxylic acids is 1. The summed E-state index contributed by atoms with van der Waals surface area (Å²) >= 11 is 0. The maximum absolute atomic E-state index is 12.4. The Morgan fingerprint density at radius 1 is 1.48 bits per heavy atom. The summed E-state index contributed by atoms with van der Waals surface area (Å²) in [5.74, 6) is 0.788. The van der Waals surface area contributed by atoms with Crippen molar-refractivity contribution < 1.29 is 14.1 Å². The highest BCUT2D eigenvalue weighted by atomic mass is 16.5. The number of hydrogen-bond acceptors (Lipinski definition) is 7. The predicted octanol–water partition coefficient (Wildman–Crippen LogP) is 1.17. The molecule has 2 aromatic rings. The first-order valence-corrected chi connectivity index (χ1v) is 7.43. The number of fused-ring (bicyclic) bond motifs is 1. The second kappa shape index (κ2) is 6.33. The Labute approximate surface area is 133 Å². The molecule has 2 aromatic heterocycles. The first-order valence-electron chi connectivity index (χ1n) is 7.43. The van der Waals surface area contributed by atoms with Gasteiger partial charge < -0.3 is 9.26 Å². The van der Waals surface area contributed by atoms with E-state index in [0.29, 0.717) is 18.3 Å². The van der Waals surface area contributed by atoms with Gasteiger partial charge in [-0.25, -0.2) is 9.97 Å². The third kappa shape index (κ3) is 3.16. The lowest BCUT2D eigenvalue weighted by Gasteiger charge is -2.32. The van der Waals surface area contributed by atoms with Crippen molar-refractivity contribution in [3.05, 3.63) is 29.3 Å². The number of aryl methyl sites for hydroxylation is 1. The lowest BCUT2D eigenvalue weighted by atomic mass is 10.0. The van der Waals surface area contributed by atoms with Gasteiger partial charge >= 0.3 is 0 Å². The van der Waals surface area contributed by atoms with Crippen LogP contribution in [-0.2, 0) is 17.8 Å². The first kappa shape index (κ1) is 15.4. The minimum Gasteiger partial charge on any atom is -0.481 e. The molecule has 0 fully saturated rings. The molecule has 8 nitrogen and oxygen atoms in total. The number of nitrogens with zero attached hydrogens (tertiary/aromatic N) is 4. The van der Waals surface area contributed by atoms with Crippen molar-refractivity contribution in [1.29, 1.82) is 0 Å². The molecular weight excluding hydrogens is 298 g/mol. The van der Waals surface area contributed by atoms with Crippen LogP contribution in [0.3, 0.4) is 0 Å². The average molecular weight is 317 g/mol. The average Bonchev–Trinajstić information content (AvgIpc) is 2.97. The molecule has 1 amide bonds. The van der Waals surface area contributed by atoms with E-state index < -0.39 is 0 Å². The maximum atomic E-state index is 12.4. The molecule has 0 saturated heterocycles. The Morgan fingerprint density at radius 2 is 2.30 bits per heavy atom. The summed E-state index contributed by atoms with van der Waals surface area (Å²) in [5.41, 5.74) is 2.64. The minimum atomic E-state index is -0.321. The van der Waals surface area contributed by atoms with Crippen molar-refractivity contribution in [1.82, 2.24) is 20.0 Å². The van der Waals surface area contributed by atoms with Crippen LogP contribution in [0.1, 0.15) is 23.9 Å². The number of hydrogen-bond donors (Lipinski definition) is 1. The molecule has 23 heavy (non-hydrogen) atoms. The van der Waals surface area contributed by atoms with E-state index in [1.165, 1.54) is 6.33 Å². The molecule has 122 valence electrons. The zero-order chi connectivity index (χ0) is 16.4. The summed E-state index contributed by atoms with van der Waals surface area (Å²) in [6.45, 7) is 4.98. The second-order valence-electron chi connectivity index (χ2n) is 5.53. The molecule has 0 saturated carbocycles. The normalized spacial score (nSPS) is 15.8. The molecule has 0 unspecified atom stereocenters. The number of aromatic nitrogens is 3. The van der Waals surface area contributed by atoms with Crippen LogP contribution in [0.2, 0.25) is 0 Å². The van der Waals surface area contributed by atoms with E-state index >= 15 is 0 Å². The van der Waals surface area contributed by atoms with Crippen LogP contribution < -0.4 is 10.1 Å². The zero-order valence-corrected chi connectivity index (χ0v) is 13.4. The van der Waals surface area contributed by atoms with Gasteiger partial charge in [0.25, 0.3) is 0 Å². The highest BCUT2D eigenvalue weighted by Gasteiger charge is 2.28. The van der Waals surface area contributed by atoms with E-state index in [-0.39, 0.29) is 11.9 Å². The fraction of sp³-hybridized carbons (Fsp3) is 0.467. The van der Waals surface area contributed by atoms with Gasteiger partial charge in [-0.1, -0.05) is 5.16 Å². The third-order valence-corrected chi connectivity index (χ3v) is 3.99. The fourth-order valence-corrected chi connectivity index (χ4v) is 2.66. The van der Waals surface area contributed by atoms with Crippen molar-refractivity contribution in [2.75, 3.05) is 19.0 Å². The molecule has 1 N–H and O–H groups in total. The number of rotatable bonds is 4. The summed E-state index contributed by atoms with van der Waals surface area (Å²) in [6, 6.07) is 1.37. The Morgan fingerprint density at radius 3 is 3.00 bits per heavy atom. The van der Waals surface area contributed by atoms with Crippen molar-refractivity contribution >= 4 is 11.8 Å².